The average molecular weight is 662 g/mol. The number of hydrogen-bond acceptors (Lipinski definition) is 9. The van der Waals surface area contributed by atoms with E-state index in [9.17, 15) is 9.59 Å². The Bertz CT molecular complexity index is 1770. The SMILES string of the molecule is CCOc1ccc(C(=O)CC(CNC[C@H]2CC[C@@H](Nc3nc(N(C)C)c4ccccc4n3)CC2)C2C(=O)N(c3ccccc3)N=C2C)cc1. The molecule has 6 rings (SSSR count). The Hall–Kier alpha value is -4.83. The molecule has 0 saturated heterocycles. The molecule has 10 heteroatoms. The van der Waals surface area contributed by atoms with Gasteiger partial charge >= 0.3 is 0 Å². The van der Waals surface area contributed by atoms with E-state index in [0.717, 1.165) is 66.1 Å². The largest absolute Gasteiger partial charge is 0.494 e. The Morgan fingerprint density at radius 1 is 0.959 bits per heavy atom. The summed E-state index contributed by atoms with van der Waals surface area (Å²) in [5.74, 6) is 2.03. The fourth-order valence-corrected chi connectivity index (χ4v) is 7.08. The monoisotopic (exact) mass is 661 g/mol. The zero-order valence-electron chi connectivity index (χ0n) is 28.9. The van der Waals surface area contributed by atoms with Crippen LogP contribution in [0.5, 0.6) is 5.75 Å². The fourth-order valence-electron chi connectivity index (χ4n) is 7.08. The highest BCUT2D eigenvalue weighted by Crippen LogP contribution is 2.32. The number of rotatable bonds is 14. The van der Waals surface area contributed by atoms with Crippen LogP contribution in [0.25, 0.3) is 10.9 Å². The summed E-state index contributed by atoms with van der Waals surface area (Å²) in [6.45, 7) is 5.77. The van der Waals surface area contributed by atoms with Gasteiger partial charge in [0.25, 0.3) is 5.91 Å². The van der Waals surface area contributed by atoms with Crippen LogP contribution in [0.4, 0.5) is 17.5 Å². The van der Waals surface area contributed by atoms with Crippen molar-refractivity contribution in [1.29, 1.82) is 0 Å². The van der Waals surface area contributed by atoms with Crippen molar-refractivity contribution >= 4 is 45.8 Å². The highest BCUT2D eigenvalue weighted by molar-refractivity contribution is 6.15. The van der Waals surface area contributed by atoms with E-state index in [0.29, 0.717) is 36.6 Å². The number of aromatic nitrogens is 2. The third-order valence-corrected chi connectivity index (χ3v) is 9.62. The van der Waals surface area contributed by atoms with Crippen LogP contribution in [0, 0.1) is 17.8 Å². The van der Waals surface area contributed by atoms with Crippen LogP contribution in [0.3, 0.4) is 0 Å². The average Bonchev–Trinajstić information content (AvgIpc) is 3.41. The van der Waals surface area contributed by atoms with Crippen LogP contribution in [0.15, 0.2) is 84.0 Å². The number of benzene rings is 3. The van der Waals surface area contributed by atoms with Gasteiger partial charge in [-0.15, -0.1) is 0 Å². The smallest absolute Gasteiger partial charge is 0.256 e. The van der Waals surface area contributed by atoms with E-state index in [1.807, 2.05) is 106 Å². The topological polar surface area (TPSA) is 112 Å². The summed E-state index contributed by atoms with van der Waals surface area (Å²) in [7, 11) is 4.01. The van der Waals surface area contributed by atoms with Gasteiger partial charge in [-0.1, -0.05) is 30.3 Å². The number of carbonyl (C=O) groups is 2. The molecule has 1 saturated carbocycles. The van der Waals surface area contributed by atoms with Crippen molar-refractivity contribution < 1.29 is 14.3 Å². The lowest BCUT2D eigenvalue weighted by Gasteiger charge is -2.30. The predicted octanol–water partition coefficient (Wildman–Crippen LogP) is 6.58. The first-order valence-corrected chi connectivity index (χ1v) is 17.4. The van der Waals surface area contributed by atoms with E-state index in [4.69, 9.17) is 14.7 Å². The van der Waals surface area contributed by atoms with Gasteiger partial charge in [0, 0.05) is 43.2 Å². The van der Waals surface area contributed by atoms with E-state index < -0.39 is 5.92 Å². The van der Waals surface area contributed by atoms with Gasteiger partial charge in [0.05, 0.1) is 23.7 Å². The molecule has 2 unspecified atom stereocenters. The molecule has 49 heavy (non-hydrogen) atoms. The number of nitrogens with one attached hydrogen (secondary N) is 2. The van der Waals surface area contributed by atoms with Gasteiger partial charge in [-0.05, 0) is 113 Å². The van der Waals surface area contributed by atoms with E-state index in [2.05, 4.69) is 21.8 Å². The Balaban J connectivity index is 1.08. The molecule has 0 bridgehead atoms. The van der Waals surface area contributed by atoms with Crippen LogP contribution in [-0.2, 0) is 4.79 Å². The number of nitrogens with zero attached hydrogens (tertiary/aromatic N) is 5. The Labute approximate surface area is 289 Å². The normalized spacial score (nSPS) is 19.8. The lowest BCUT2D eigenvalue weighted by Crippen LogP contribution is -2.40. The number of anilines is 3. The summed E-state index contributed by atoms with van der Waals surface area (Å²) < 4.78 is 5.56. The fraction of sp³-hybridized carbons (Fsp3) is 0.410. The highest BCUT2D eigenvalue weighted by Gasteiger charge is 2.40. The maximum atomic E-state index is 13.8. The number of ketones is 1. The van der Waals surface area contributed by atoms with Crippen molar-refractivity contribution in [1.82, 2.24) is 15.3 Å². The van der Waals surface area contributed by atoms with Gasteiger partial charge in [-0.3, -0.25) is 9.59 Å². The number of para-hydroxylation sites is 2. The van der Waals surface area contributed by atoms with Crippen molar-refractivity contribution in [3.05, 3.63) is 84.4 Å². The molecule has 2 aliphatic rings. The van der Waals surface area contributed by atoms with E-state index in [1.165, 1.54) is 5.01 Å². The second kappa shape index (κ2) is 15.6. The number of Topliss-reactive ketones (excluding diaryl/α,β-unsaturated/α-hetero) is 1. The number of carbonyl (C=O) groups excluding carboxylic acids is 2. The van der Waals surface area contributed by atoms with Gasteiger partial charge in [0.15, 0.2) is 5.78 Å². The molecule has 3 aromatic carbocycles. The van der Waals surface area contributed by atoms with E-state index >= 15 is 0 Å². The molecule has 0 spiro atoms. The second-order valence-electron chi connectivity index (χ2n) is 13.4. The number of hydrazone groups is 1. The molecule has 1 aromatic heterocycles. The summed E-state index contributed by atoms with van der Waals surface area (Å²) in [5, 5.41) is 14.5. The maximum absolute atomic E-state index is 13.8. The summed E-state index contributed by atoms with van der Waals surface area (Å²) in [6.07, 6.45) is 4.43. The van der Waals surface area contributed by atoms with Crippen LogP contribution >= 0.6 is 0 Å². The van der Waals surface area contributed by atoms with Crippen LogP contribution in [0.2, 0.25) is 0 Å². The Morgan fingerprint density at radius 2 is 1.67 bits per heavy atom. The molecule has 1 aliphatic carbocycles. The lowest BCUT2D eigenvalue weighted by molar-refractivity contribution is -0.120. The molecular formula is C39H47N7O3. The molecule has 1 amide bonds. The van der Waals surface area contributed by atoms with Crippen LogP contribution in [-0.4, -0.2) is 67.2 Å². The summed E-state index contributed by atoms with van der Waals surface area (Å²) in [4.78, 5) is 39.0. The minimum atomic E-state index is -0.478. The summed E-state index contributed by atoms with van der Waals surface area (Å²) >= 11 is 0. The third kappa shape index (κ3) is 8.08. The number of hydrogen-bond donors (Lipinski definition) is 2. The predicted molar refractivity (Wildman–Crippen MR) is 197 cm³/mol. The quantitative estimate of drug-likeness (QED) is 0.146. The number of amides is 1. The van der Waals surface area contributed by atoms with Crippen LogP contribution in [0.1, 0.15) is 56.3 Å². The van der Waals surface area contributed by atoms with Gasteiger partial charge in [-0.25, -0.2) is 9.99 Å². The van der Waals surface area contributed by atoms with E-state index in [1.54, 1.807) is 0 Å². The van der Waals surface area contributed by atoms with Gasteiger partial charge < -0.3 is 20.3 Å². The van der Waals surface area contributed by atoms with Crippen LogP contribution < -0.4 is 25.3 Å². The molecule has 1 aliphatic heterocycles. The zero-order chi connectivity index (χ0) is 34.3. The van der Waals surface area contributed by atoms with Crippen molar-refractivity contribution in [3.8, 4) is 5.75 Å². The Morgan fingerprint density at radius 3 is 2.39 bits per heavy atom. The van der Waals surface area contributed by atoms with Gasteiger partial charge in [0.1, 0.15) is 11.6 Å². The third-order valence-electron chi connectivity index (χ3n) is 9.62. The first-order chi connectivity index (χ1) is 23.8. The van der Waals surface area contributed by atoms with E-state index in [-0.39, 0.29) is 24.0 Å². The first kappa shape index (κ1) is 34.0. The van der Waals surface area contributed by atoms with Crippen molar-refractivity contribution in [3.63, 3.8) is 0 Å². The molecular weight excluding hydrogens is 614 g/mol. The minimum absolute atomic E-state index is 0.00789. The number of ether oxygens (including phenoxy) is 1. The molecule has 2 heterocycles. The summed E-state index contributed by atoms with van der Waals surface area (Å²) in [5.41, 5.74) is 3.02. The standard InChI is InChI=1S/C39H47N7O3/c1-5-49-32-21-17-28(18-22-32)35(47)23-29(36-26(2)44-46(38(36)48)31-11-7-6-8-12-31)25-40-24-27-15-19-30(20-16-27)41-39-42-34-14-10-9-13-33(34)37(43-39)45(3)4/h6-14,17-18,21-22,27,29-30,36,40H,5,15-16,19-20,23-25H2,1-4H3,(H,41,42,43)/t27-,29?,30+,36?. The molecule has 4 aromatic rings. The lowest BCUT2D eigenvalue weighted by atomic mass is 9.82. The zero-order valence-corrected chi connectivity index (χ0v) is 28.9. The maximum Gasteiger partial charge on any atom is 0.256 e. The van der Waals surface area contributed by atoms with Crippen molar-refractivity contribution in [2.24, 2.45) is 22.9 Å². The summed E-state index contributed by atoms with van der Waals surface area (Å²) in [6, 6.07) is 25.2. The molecule has 1 fully saturated rings. The van der Waals surface area contributed by atoms with Gasteiger partial charge in [-0.2, -0.15) is 10.1 Å². The first-order valence-electron chi connectivity index (χ1n) is 17.4. The van der Waals surface area contributed by atoms with Gasteiger partial charge in [0.2, 0.25) is 5.95 Å². The van der Waals surface area contributed by atoms with Crippen molar-refractivity contribution in [2.75, 3.05) is 49.0 Å². The number of fused-ring (bicyclic) bond motifs is 1. The Kier molecular flexibility index (Phi) is 10.8. The molecule has 256 valence electrons. The second-order valence-corrected chi connectivity index (χ2v) is 13.4. The minimum Gasteiger partial charge on any atom is -0.494 e. The van der Waals surface area contributed by atoms with Crippen molar-refractivity contribution in [2.45, 2.75) is 52.0 Å². The molecule has 0 radical (unpaired) electrons. The molecule has 2 N–H and O–H groups in total. The highest BCUT2D eigenvalue weighted by atomic mass is 16.5. The molecule has 2 atom stereocenters. The molecule has 10 nitrogen and oxygen atoms in total.